The van der Waals surface area contributed by atoms with Crippen LogP contribution in [0.15, 0.2) is 54.6 Å². The van der Waals surface area contributed by atoms with Gasteiger partial charge in [-0.1, -0.05) is 67.4 Å². The average molecular weight is 446 g/mol. The highest BCUT2D eigenvalue weighted by molar-refractivity contribution is 5.83. The molecule has 0 unspecified atom stereocenters. The summed E-state index contributed by atoms with van der Waals surface area (Å²) in [4.78, 5) is 33.2. The van der Waals surface area contributed by atoms with E-state index in [0.717, 1.165) is 51.0 Å². The Bertz CT molecular complexity index is 962. The van der Waals surface area contributed by atoms with E-state index in [4.69, 9.17) is 0 Å². The van der Waals surface area contributed by atoms with E-state index >= 15 is 0 Å². The number of carbonyl (C=O) groups excluding carboxylic acids is 2. The minimum absolute atomic E-state index is 0.0378. The number of benzene rings is 2. The Hall–Kier alpha value is -2.66. The summed E-state index contributed by atoms with van der Waals surface area (Å²) in [5.41, 5.74) is 3.73. The quantitative estimate of drug-likeness (QED) is 0.707. The molecule has 0 N–H and O–H groups in total. The van der Waals surface area contributed by atoms with Gasteiger partial charge in [-0.15, -0.1) is 0 Å². The smallest absolute Gasteiger partial charge is 0.240 e. The zero-order valence-electron chi connectivity index (χ0n) is 19.5. The van der Waals surface area contributed by atoms with Crippen LogP contribution in [-0.2, 0) is 29.0 Å². The van der Waals surface area contributed by atoms with Crippen molar-refractivity contribution >= 4 is 11.8 Å². The Labute approximate surface area is 197 Å². The topological polar surface area (TPSA) is 43.9 Å². The standard InChI is InChI=1S/C28H35N3O2/c32-26(20-22-8-2-1-3-9-22)29-16-18-30(19-17-29)27(24-11-5-6-12-24)28(33)31-15-14-23-10-4-7-13-25(23)21-31/h1-4,7-10,13,24,27H,5-6,11-12,14-21H2/t27-/m0/s1. The SMILES string of the molecule is O=C(Cc1ccccc1)N1CCN([C@H](C(=O)N2CCc3ccccc3C2)C2CCCC2)CC1. The van der Waals surface area contributed by atoms with Crippen molar-refractivity contribution < 1.29 is 9.59 Å². The van der Waals surface area contributed by atoms with Gasteiger partial charge in [0.2, 0.25) is 11.8 Å². The second kappa shape index (κ2) is 10.1. The van der Waals surface area contributed by atoms with Gasteiger partial charge in [-0.25, -0.2) is 0 Å². The maximum Gasteiger partial charge on any atom is 0.240 e. The zero-order valence-corrected chi connectivity index (χ0v) is 19.5. The third-order valence-electron chi connectivity index (χ3n) is 7.80. The summed E-state index contributed by atoms with van der Waals surface area (Å²) in [5, 5.41) is 0. The van der Waals surface area contributed by atoms with Crippen molar-refractivity contribution in [3.8, 4) is 0 Å². The normalized spacial score (nSPS) is 20.5. The molecule has 2 heterocycles. The Morgan fingerprint density at radius 1 is 0.788 bits per heavy atom. The third-order valence-corrected chi connectivity index (χ3v) is 7.80. The fourth-order valence-corrected chi connectivity index (χ4v) is 5.93. The Kier molecular flexibility index (Phi) is 6.77. The van der Waals surface area contributed by atoms with Crippen molar-refractivity contribution in [1.82, 2.24) is 14.7 Å². The molecule has 5 nitrogen and oxygen atoms in total. The number of amides is 2. The van der Waals surface area contributed by atoms with Crippen molar-refractivity contribution in [2.75, 3.05) is 32.7 Å². The summed E-state index contributed by atoms with van der Waals surface area (Å²) < 4.78 is 0. The molecule has 33 heavy (non-hydrogen) atoms. The summed E-state index contributed by atoms with van der Waals surface area (Å²) in [7, 11) is 0. The van der Waals surface area contributed by atoms with Gasteiger partial charge < -0.3 is 9.80 Å². The molecule has 1 atom stereocenters. The minimum atomic E-state index is -0.0378. The predicted octanol–water partition coefficient (Wildman–Crippen LogP) is 3.52. The molecule has 3 aliphatic rings. The van der Waals surface area contributed by atoms with Gasteiger partial charge >= 0.3 is 0 Å². The first-order chi connectivity index (χ1) is 16.2. The number of rotatable bonds is 5. The molecule has 2 aliphatic heterocycles. The Morgan fingerprint density at radius 3 is 2.18 bits per heavy atom. The van der Waals surface area contributed by atoms with Crippen molar-refractivity contribution in [1.29, 1.82) is 0 Å². The zero-order chi connectivity index (χ0) is 22.6. The largest absolute Gasteiger partial charge is 0.340 e. The lowest BCUT2D eigenvalue weighted by atomic mass is 9.92. The average Bonchev–Trinajstić information content (AvgIpc) is 3.39. The van der Waals surface area contributed by atoms with Crippen molar-refractivity contribution in [3.63, 3.8) is 0 Å². The molecule has 2 aromatic rings. The highest BCUT2D eigenvalue weighted by Crippen LogP contribution is 2.33. The molecule has 0 bridgehead atoms. The van der Waals surface area contributed by atoms with E-state index in [-0.39, 0.29) is 11.9 Å². The van der Waals surface area contributed by atoms with E-state index in [1.54, 1.807) is 0 Å². The highest BCUT2D eigenvalue weighted by Gasteiger charge is 2.39. The predicted molar refractivity (Wildman–Crippen MR) is 130 cm³/mol. The molecule has 5 rings (SSSR count). The Balaban J connectivity index is 1.24. The molecule has 1 saturated heterocycles. The van der Waals surface area contributed by atoms with E-state index < -0.39 is 0 Å². The van der Waals surface area contributed by atoms with Crippen molar-refractivity contribution in [3.05, 3.63) is 71.3 Å². The molecule has 0 radical (unpaired) electrons. The second-order valence-corrected chi connectivity index (χ2v) is 9.85. The molecule has 2 amide bonds. The molecule has 0 spiro atoms. The lowest BCUT2D eigenvalue weighted by molar-refractivity contribution is -0.142. The first-order valence-corrected chi connectivity index (χ1v) is 12.6. The van der Waals surface area contributed by atoms with Crippen LogP contribution >= 0.6 is 0 Å². The molecular formula is C28H35N3O2. The van der Waals surface area contributed by atoms with E-state index in [0.29, 0.717) is 31.3 Å². The molecule has 1 saturated carbocycles. The first kappa shape index (κ1) is 22.1. The van der Waals surface area contributed by atoms with Crippen LogP contribution in [0.2, 0.25) is 0 Å². The van der Waals surface area contributed by atoms with Gasteiger partial charge in [0.1, 0.15) is 0 Å². The van der Waals surface area contributed by atoms with Crippen LogP contribution in [-0.4, -0.2) is 65.3 Å². The lowest BCUT2D eigenvalue weighted by Crippen LogP contribution is -2.59. The third kappa shape index (κ3) is 4.98. The van der Waals surface area contributed by atoms with Crippen LogP contribution in [0.25, 0.3) is 0 Å². The highest BCUT2D eigenvalue weighted by atomic mass is 16.2. The number of hydrogen-bond donors (Lipinski definition) is 0. The summed E-state index contributed by atoms with van der Waals surface area (Å²) in [6.45, 7) is 4.55. The lowest BCUT2D eigenvalue weighted by Gasteiger charge is -2.43. The number of piperazine rings is 1. The number of hydrogen-bond acceptors (Lipinski definition) is 3. The fraction of sp³-hybridized carbons (Fsp3) is 0.500. The molecule has 0 aromatic heterocycles. The van der Waals surface area contributed by atoms with Gasteiger partial charge in [-0.2, -0.15) is 0 Å². The van der Waals surface area contributed by atoms with E-state index in [1.807, 2.05) is 35.2 Å². The van der Waals surface area contributed by atoms with Gasteiger partial charge in [-0.05, 0) is 41.9 Å². The van der Waals surface area contributed by atoms with Crippen molar-refractivity contribution in [2.45, 2.75) is 51.1 Å². The minimum Gasteiger partial charge on any atom is -0.340 e. The maximum absolute atomic E-state index is 13.9. The summed E-state index contributed by atoms with van der Waals surface area (Å²) in [6.07, 6.45) is 6.15. The van der Waals surface area contributed by atoms with Gasteiger partial charge in [0.05, 0.1) is 12.5 Å². The van der Waals surface area contributed by atoms with E-state index in [1.165, 1.54) is 24.0 Å². The van der Waals surface area contributed by atoms with Gasteiger partial charge in [0, 0.05) is 39.3 Å². The summed E-state index contributed by atoms with van der Waals surface area (Å²) >= 11 is 0. The van der Waals surface area contributed by atoms with Gasteiger partial charge in [0.15, 0.2) is 0 Å². The molecule has 2 aromatic carbocycles. The van der Waals surface area contributed by atoms with Crippen LogP contribution in [0.4, 0.5) is 0 Å². The maximum atomic E-state index is 13.9. The second-order valence-electron chi connectivity index (χ2n) is 9.85. The van der Waals surface area contributed by atoms with Crippen LogP contribution in [0.1, 0.15) is 42.4 Å². The van der Waals surface area contributed by atoms with Crippen LogP contribution in [0.3, 0.4) is 0 Å². The molecule has 1 aliphatic carbocycles. The van der Waals surface area contributed by atoms with E-state index in [9.17, 15) is 9.59 Å². The van der Waals surface area contributed by atoms with E-state index in [2.05, 4.69) is 34.1 Å². The monoisotopic (exact) mass is 445 g/mol. The van der Waals surface area contributed by atoms with Crippen LogP contribution in [0.5, 0.6) is 0 Å². The van der Waals surface area contributed by atoms with Gasteiger partial charge in [0.25, 0.3) is 0 Å². The van der Waals surface area contributed by atoms with Crippen LogP contribution < -0.4 is 0 Å². The molecule has 5 heteroatoms. The molecular weight excluding hydrogens is 410 g/mol. The summed E-state index contributed by atoms with van der Waals surface area (Å²) in [6, 6.07) is 18.5. The first-order valence-electron chi connectivity index (χ1n) is 12.6. The van der Waals surface area contributed by atoms with Crippen LogP contribution in [0, 0.1) is 5.92 Å². The number of nitrogens with zero attached hydrogens (tertiary/aromatic N) is 3. The summed E-state index contributed by atoms with van der Waals surface area (Å²) in [5.74, 6) is 0.943. The molecule has 174 valence electrons. The fourth-order valence-electron chi connectivity index (χ4n) is 5.93. The number of carbonyl (C=O) groups is 2. The van der Waals surface area contributed by atoms with Gasteiger partial charge in [-0.3, -0.25) is 14.5 Å². The Morgan fingerprint density at radius 2 is 1.45 bits per heavy atom. The number of fused-ring (bicyclic) bond motifs is 1. The van der Waals surface area contributed by atoms with Crippen molar-refractivity contribution in [2.24, 2.45) is 5.92 Å². The molecule has 2 fully saturated rings.